The second-order valence-corrected chi connectivity index (χ2v) is 6.51. The summed E-state index contributed by atoms with van der Waals surface area (Å²) in [4.78, 5) is 34.1. The van der Waals surface area contributed by atoms with Crippen molar-refractivity contribution >= 4 is 23.5 Å². The van der Waals surface area contributed by atoms with Crippen molar-refractivity contribution in [2.24, 2.45) is 0 Å². The molecule has 0 heterocycles. The van der Waals surface area contributed by atoms with Crippen LogP contribution in [0.4, 0.5) is 5.69 Å². The summed E-state index contributed by atoms with van der Waals surface area (Å²) in [7, 11) is 0. The van der Waals surface area contributed by atoms with Crippen LogP contribution < -0.4 is 15.4 Å². The molecule has 0 radical (unpaired) electrons. The predicted octanol–water partition coefficient (Wildman–Crippen LogP) is 2.70. The van der Waals surface area contributed by atoms with Gasteiger partial charge in [-0.2, -0.15) is 0 Å². The number of anilines is 1. The highest BCUT2D eigenvalue weighted by molar-refractivity contribution is 5.95. The number of aryl methyl sites for hydroxylation is 2. The number of ether oxygens (including phenoxy) is 1. The number of nitrogens with one attached hydrogen (secondary N) is 2. The fourth-order valence-electron chi connectivity index (χ4n) is 2.82. The average Bonchev–Trinajstić information content (AvgIpc) is 2.61. The number of benzene rings is 2. The molecule has 7 heteroatoms. The van der Waals surface area contributed by atoms with E-state index in [-0.39, 0.29) is 11.8 Å². The molecule has 0 unspecified atom stereocenters. The van der Waals surface area contributed by atoms with E-state index in [1.807, 2.05) is 24.3 Å². The van der Waals surface area contributed by atoms with Crippen LogP contribution in [0.2, 0.25) is 0 Å². The maximum Gasteiger partial charge on any atom is 0.341 e. The third-order valence-electron chi connectivity index (χ3n) is 4.04. The van der Waals surface area contributed by atoms with Crippen molar-refractivity contribution < 1.29 is 24.2 Å². The number of amides is 2. The van der Waals surface area contributed by atoms with Crippen LogP contribution in [-0.2, 0) is 16.0 Å². The summed E-state index contributed by atoms with van der Waals surface area (Å²) >= 11 is 0. The Morgan fingerprint density at radius 3 is 2.18 bits per heavy atom. The van der Waals surface area contributed by atoms with E-state index in [2.05, 4.69) is 10.6 Å². The predicted molar refractivity (Wildman–Crippen MR) is 106 cm³/mol. The summed E-state index contributed by atoms with van der Waals surface area (Å²) in [6.07, 6.45) is 0.657. The van der Waals surface area contributed by atoms with Crippen molar-refractivity contribution in [1.82, 2.24) is 5.32 Å². The normalized spacial score (nSPS) is 10.2. The van der Waals surface area contributed by atoms with Gasteiger partial charge in [0.05, 0.1) is 0 Å². The molecule has 2 aromatic carbocycles. The highest BCUT2D eigenvalue weighted by Gasteiger charge is 2.12. The summed E-state index contributed by atoms with van der Waals surface area (Å²) in [5.74, 6) is -0.889. The summed E-state index contributed by atoms with van der Waals surface area (Å²) in [6.45, 7) is 5.05. The number of carboxylic acids is 1. The van der Waals surface area contributed by atoms with Crippen LogP contribution in [0, 0.1) is 13.8 Å². The summed E-state index contributed by atoms with van der Waals surface area (Å²) in [6, 6.07) is 10.8. The van der Waals surface area contributed by atoms with Crippen molar-refractivity contribution in [1.29, 1.82) is 0 Å². The number of carboxylic acid groups (broad SMARTS) is 1. The Hall–Kier alpha value is -3.35. The molecule has 0 spiro atoms. The van der Waals surface area contributed by atoms with Gasteiger partial charge in [-0.15, -0.1) is 0 Å². The van der Waals surface area contributed by atoms with Gasteiger partial charge in [0.15, 0.2) is 6.61 Å². The third-order valence-corrected chi connectivity index (χ3v) is 4.04. The molecule has 28 heavy (non-hydrogen) atoms. The SMILES string of the molecule is CC(=O)Nc1ccc(CCNC(=O)c2cc(C)c(OCC(=O)O)c(C)c2)cc1. The van der Waals surface area contributed by atoms with Crippen LogP contribution >= 0.6 is 0 Å². The van der Waals surface area contributed by atoms with Gasteiger partial charge >= 0.3 is 5.97 Å². The quantitative estimate of drug-likeness (QED) is 0.649. The van der Waals surface area contributed by atoms with Crippen LogP contribution in [0.3, 0.4) is 0 Å². The monoisotopic (exact) mass is 384 g/mol. The second kappa shape index (κ2) is 9.55. The first kappa shape index (κ1) is 21.0. The van der Waals surface area contributed by atoms with Crippen molar-refractivity contribution in [3.05, 3.63) is 58.7 Å². The van der Waals surface area contributed by atoms with E-state index in [1.165, 1.54) is 6.92 Å². The average molecular weight is 384 g/mol. The van der Waals surface area contributed by atoms with Gasteiger partial charge in [0, 0.05) is 24.7 Å². The lowest BCUT2D eigenvalue weighted by molar-refractivity contribution is -0.139. The number of carbonyl (C=O) groups excluding carboxylic acids is 2. The first-order valence-electron chi connectivity index (χ1n) is 8.87. The molecule has 2 amide bonds. The van der Waals surface area contributed by atoms with E-state index in [1.54, 1.807) is 26.0 Å². The van der Waals surface area contributed by atoms with E-state index < -0.39 is 12.6 Å². The molecule has 0 bridgehead atoms. The zero-order chi connectivity index (χ0) is 20.7. The van der Waals surface area contributed by atoms with E-state index in [4.69, 9.17) is 9.84 Å². The van der Waals surface area contributed by atoms with Crippen molar-refractivity contribution in [3.8, 4) is 5.75 Å². The fourth-order valence-corrected chi connectivity index (χ4v) is 2.82. The van der Waals surface area contributed by atoms with Gasteiger partial charge in [0.25, 0.3) is 5.91 Å². The topological polar surface area (TPSA) is 105 Å². The Morgan fingerprint density at radius 1 is 1.04 bits per heavy atom. The lowest BCUT2D eigenvalue weighted by Gasteiger charge is -2.13. The lowest BCUT2D eigenvalue weighted by Crippen LogP contribution is -2.26. The van der Waals surface area contributed by atoms with Gasteiger partial charge in [-0.25, -0.2) is 4.79 Å². The van der Waals surface area contributed by atoms with E-state index in [9.17, 15) is 14.4 Å². The molecule has 7 nitrogen and oxygen atoms in total. The standard InChI is InChI=1S/C21H24N2O5/c1-13-10-17(11-14(2)20(13)28-12-19(25)26)21(27)22-9-8-16-4-6-18(7-5-16)23-15(3)24/h4-7,10-11H,8-9,12H2,1-3H3,(H,22,27)(H,23,24)(H,25,26). The van der Waals surface area contributed by atoms with Crippen LogP contribution in [-0.4, -0.2) is 36.0 Å². The summed E-state index contributed by atoms with van der Waals surface area (Å²) in [5.41, 5.74) is 3.69. The summed E-state index contributed by atoms with van der Waals surface area (Å²) in [5, 5.41) is 14.3. The lowest BCUT2D eigenvalue weighted by atomic mass is 10.0. The minimum absolute atomic E-state index is 0.120. The Bertz CT molecular complexity index is 852. The number of rotatable bonds is 8. The second-order valence-electron chi connectivity index (χ2n) is 6.51. The molecular formula is C21H24N2O5. The largest absolute Gasteiger partial charge is 0.481 e. The molecule has 148 valence electrons. The third kappa shape index (κ3) is 6.12. The maximum absolute atomic E-state index is 12.4. The zero-order valence-corrected chi connectivity index (χ0v) is 16.2. The molecule has 2 rings (SSSR count). The van der Waals surface area contributed by atoms with Crippen molar-refractivity contribution in [3.63, 3.8) is 0 Å². The number of hydrogen-bond acceptors (Lipinski definition) is 4. The molecule has 0 aromatic heterocycles. The van der Waals surface area contributed by atoms with E-state index >= 15 is 0 Å². The van der Waals surface area contributed by atoms with Crippen LogP contribution in [0.5, 0.6) is 5.75 Å². The van der Waals surface area contributed by atoms with Crippen molar-refractivity contribution in [2.75, 3.05) is 18.5 Å². The Kier molecular flexibility index (Phi) is 7.14. The first-order valence-corrected chi connectivity index (χ1v) is 8.87. The van der Waals surface area contributed by atoms with Gasteiger partial charge < -0.3 is 20.5 Å². The molecule has 0 saturated heterocycles. The molecule has 2 aromatic rings. The number of hydrogen-bond donors (Lipinski definition) is 3. The minimum atomic E-state index is -1.05. The molecule has 0 saturated carbocycles. The molecule has 0 aliphatic heterocycles. The molecule has 0 fully saturated rings. The Balaban J connectivity index is 1.92. The Morgan fingerprint density at radius 2 is 1.64 bits per heavy atom. The van der Waals surface area contributed by atoms with Crippen LogP contribution in [0.15, 0.2) is 36.4 Å². The molecule has 0 atom stereocenters. The van der Waals surface area contributed by atoms with E-state index in [0.29, 0.717) is 35.4 Å². The van der Waals surface area contributed by atoms with Crippen molar-refractivity contribution in [2.45, 2.75) is 27.2 Å². The maximum atomic E-state index is 12.4. The highest BCUT2D eigenvalue weighted by atomic mass is 16.5. The smallest absolute Gasteiger partial charge is 0.341 e. The van der Waals surface area contributed by atoms with Gasteiger partial charge in [-0.05, 0) is 61.2 Å². The van der Waals surface area contributed by atoms with Gasteiger partial charge in [-0.1, -0.05) is 12.1 Å². The number of carbonyl (C=O) groups is 3. The molecule has 3 N–H and O–H groups in total. The van der Waals surface area contributed by atoms with Gasteiger partial charge in [0.1, 0.15) is 5.75 Å². The Labute approximate surface area is 163 Å². The minimum Gasteiger partial charge on any atom is -0.481 e. The van der Waals surface area contributed by atoms with Crippen LogP contribution in [0.1, 0.15) is 34.0 Å². The fraction of sp³-hybridized carbons (Fsp3) is 0.286. The molecule has 0 aliphatic rings. The first-order chi connectivity index (χ1) is 13.3. The highest BCUT2D eigenvalue weighted by Crippen LogP contribution is 2.24. The summed E-state index contributed by atoms with van der Waals surface area (Å²) < 4.78 is 5.28. The van der Waals surface area contributed by atoms with Gasteiger partial charge in [-0.3, -0.25) is 9.59 Å². The zero-order valence-electron chi connectivity index (χ0n) is 16.2. The van der Waals surface area contributed by atoms with Gasteiger partial charge in [0.2, 0.25) is 5.91 Å². The molecule has 0 aliphatic carbocycles. The van der Waals surface area contributed by atoms with E-state index in [0.717, 1.165) is 11.3 Å². The number of aliphatic carboxylic acids is 1. The molecular weight excluding hydrogens is 360 g/mol. The van der Waals surface area contributed by atoms with Crippen LogP contribution in [0.25, 0.3) is 0 Å².